The van der Waals surface area contributed by atoms with E-state index < -0.39 is 0 Å². The average Bonchev–Trinajstić information content (AvgIpc) is 2.62. The summed E-state index contributed by atoms with van der Waals surface area (Å²) in [6.45, 7) is 0. The monoisotopic (exact) mass is 308 g/mol. The SMILES string of the molecule is COc1ccc2ccccc2c1.N#Cc1ccc(SN)cc1. The average molecular weight is 308 g/mol. The Morgan fingerprint density at radius 3 is 2.23 bits per heavy atom. The van der Waals surface area contributed by atoms with Crippen molar-refractivity contribution in [3.8, 4) is 11.8 Å². The first-order valence-corrected chi connectivity index (χ1v) is 7.54. The maximum Gasteiger partial charge on any atom is 0.119 e. The molecule has 3 aromatic carbocycles. The van der Waals surface area contributed by atoms with Crippen LogP contribution in [0.15, 0.2) is 71.6 Å². The van der Waals surface area contributed by atoms with Crippen LogP contribution in [-0.2, 0) is 0 Å². The van der Waals surface area contributed by atoms with E-state index in [9.17, 15) is 0 Å². The Hall–Kier alpha value is -2.48. The van der Waals surface area contributed by atoms with Crippen molar-refractivity contribution in [1.29, 1.82) is 5.26 Å². The number of methoxy groups -OCH3 is 1. The van der Waals surface area contributed by atoms with Crippen LogP contribution in [-0.4, -0.2) is 7.11 Å². The number of nitrogens with zero attached hydrogens (tertiary/aromatic N) is 1. The highest BCUT2D eigenvalue weighted by Gasteiger charge is 1.93. The fraction of sp³-hybridized carbons (Fsp3) is 0.0556. The Kier molecular flexibility index (Phi) is 5.84. The van der Waals surface area contributed by atoms with Gasteiger partial charge in [-0.2, -0.15) is 5.26 Å². The lowest BCUT2D eigenvalue weighted by Gasteiger charge is -2.00. The molecule has 0 fully saturated rings. The zero-order chi connectivity index (χ0) is 15.8. The zero-order valence-corrected chi connectivity index (χ0v) is 13.0. The molecule has 0 radical (unpaired) electrons. The van der Waals surface area contributed by atoms with Gasteiger partial charge in [0.15, 0.2) is 0 Å². The van der Waals surface area contributed by atoms with Crippen LogP contribution < -0.4 is 9.88 Å². The molecule has 22 heavy (non-hydrogen) atoms. The predicted octanol–water partition coefficient (Wildman–Crippen LogP) is 4.37. The van der Waals surface area contributed by atoms with E-state index in [1.807, 2.05) is 42.5 Å². The first-order chi connectivity index (χ1) is 10.8. The first kappa shape index (κ1) is 15.9. The molecule has 3 aromatic rings. The van der Waals surface area contributed by atoms with Crippen LogP contribution in [0.2, 0.25) is 0 Å². The Morgan fingerprint density at radius 1 is 0.955 bits per heavy atom. The lowest BCUT2D eigenvalue weighted by molar-refractivity contribution is 0.415. The summed E-state index contributed by atoms with van der Waals surface area (Å²) >= 11 is 1.18. The number of rotatable bonds is 2. The molecular formula is C18H16N2OS. The molecule has 3 rings (SSSR count). The number of nitrogens with two attached hydrogens (primary N) is 1. The third-order valence-corrected chi connectivity index (χ3v) is 3.62. The van der Waals surface area contributed by atoms with E-state index >= 15 is 0 Å². The Labute approximate surface area is 134 Å². The third-order valence-electron chi connectivity index (χ3n) is 3.08. The molecule has 0 spiro atoms. The summed E-state index contributed by atoms with van der Waals surface area (Å²) in [6.07, 6.45) is 0. The van der Waals surface area contributed by atoms with Crippen LogP contribution in [0.5, 0.6) is 5.75 Å². The van der Waals surface area contributed by atoms with Crippen molar-refractivity contribution in [2.24, 2.45) is 5.14 Å². The van der Waals surface area contributed by atoms with Crippen LogP contribution in [0.1, 0.15) is 5.56 Å². The molecule has 0 aliphatic rings. The van der Waals surface area contributed by atoms with E-state index in [1.165, 1.54) is 22.7 Å². The van der Waals surface area contributed by atoms with Gasteiger partial charge in [0.2, 0.25) is 0 Å². The molecule has 0 aliphatic carbocycles. The van der Waals surface area contributed by atoms with Gasteiger partial charge in [0.25, 0.3) is 0 Å². The highest BCUT2D eigenvalue weighted by Crippen LogP contribution is 2.19. The molecule has 3 nitrogen and oxygen atoms in total. The topological polar surface area (TPSA) is 59.0 Å². The molecule has 0 atom stereocenters. The Bertz CT molecular complexity index is 779. The maximum absolute atomic E-state index is 8.41. The van der Waals surface area contributed by atoms with Gasteiger partial charge >= 0.3 is 0 Å². The number of fused-ring (bicyclic) bond motifs is 1. The second-order valence-corrected chi connectivity index (χ2v) is 5.17. The minimum absolute atomic E-state index is 0.665. The second-order valence-electron chi connectivity index (χ2n) is 4.47. The van der Waals surface area contributed by atoms with E-state index in [2.05, 4.69) is 18.2 Å². The molecular weight excluding hydrogens is 292 g/mol. The lowest BCUT2D eigenvalue weighted by Crippen LogP contribution is -1.81. The van der Waals surface area contributed by atoms with Crippen molar-refractivity contribution < 1.29 is 4.74 Å². The third kappa shape index (κ3) is 4.26. The molecule has 0 saturated heterocycles. The van der Waals surface area contributed by atoms with E-state index in [4.69, 9.17) is 15.1 Å². The van der Waals surface area contributed by atoms with Crippen LogP contribution in [0.4, 0.5) is 0 Å². The summed E-state index contributed by atoms with van der Waals surface area (Å²) in [7, 11) is 1.68. The van der Waals surface area contributed by atoms with Crippen molar-refractivity contribution >= 4 is 22.7 Å². The van der Waals surface area contributed by atoms with Gasteiger partial charge in [-0.25, -0.2) is 0 Å². The molecule has 0 aliphatic heterocycles. The van der Waals surface area contributed by atoms with Crippen molar-refractivity contribution in [1.82, 2.24) is 0 Å². The van der Waals surface area contributed by atoms with Crippen molar-refractivity contribution in [2.45, 2.75) is 4.90 Å². The van der Waals surface area contributed by atoms with E-state index in [0.717, 1.165) is 10.6 Å². The molecule has 0 aromatic heterocycles. The highest BCUT2D eigenvalue weighted by atomic mass is 32.2. The van der Waals surface area contributed by atoms with Gasteiger partial charge in [-0.05, 0) is 59.1 Å². The minimum Gasteiger partial charge on any atom is -0.497 e. The summed E-state index contributed by atoms with van der Waals surface area (Å²) in [4.78, 5) is 0.971. The number of benzene rings is 3. The predicted molar refractivity (Wildman–Crippen MR) is 91.7 cm³/mol. The van der Waals surface area contributed by atoms with Crippen molar-refractivity contribution in [3.63, 3.8) is 0 Å². The number of nitriles is 1. The van der Waals surface area contributed by atoms with E-state index in [1.54, 1.807) is 19.2 Å². The summed E-state index contributed by atoms with van der Waals surface area (Å²) in [5.74, 6) is 0.911. The van der Waals surface area contributed by atoms with Crippen LogP contribution in [0.3, 0.4) is 0 Å². The quantitative estimate of drug-likeness (QED) is 0.714. The van der Waals surface area contributed by atoms with Gasteiger partial charge in [-0.15, -0.1) is 0 Å². The standard InChI is InChI=1S/C11H10O.C7H6N2S/c1-12-11-7-6-9-4-2-3-5-10(9)8-11;8-5-6-1-3-7(10-9)4-2-6/h2-8H,1H3;1-4H,9H2. The molecule has 0 saturated carbocycles. The smallest absolute Gasteiger partial charge is 0.119 e. The molecule has 4 heteroatoms. The van der Waals surface area contributed by atoms with Gasteiger partial charge in [0, 0.05) is 4.90 Å². The Morgan fingerprint density at radius 2 is 1.64 bits per heavy atom. The number of hydrogen-bond acceptors (Lipinski definition) is 4. The van der Waals surface area contributed by atoms with Crippen molar-refractivity contribution in [2.75, 3.05) is 7.11 Å². The first-order valence-electron chi connectivity index (χ1n) is 6.66. The van der Waals surface area contributed by atoms with Crippen molar-refractivity contribution in [3.05, 3.63) is 72.3 Å². The molecule has 0 heterocycles. The maximum atomic E-state index is 8.41. The summed E-state index contributed by atoms with van der Waals surface area (Å²) < 4.78 is 5.12. The fourth-order valence-corrected chi connectivity index (χ4v) is 2.20. The van der Waals surface area contributed by atoms with Gasteiger partial charge in [0.1, 0.15) is 5.75 Å². The minimum atomic E-state index is 0.665. The lowest BCUT2D eigenvalue weighted by atomic mass is 10.1. The van der Waals surface area contributed by atoms with Gasteiger partial charge < -0.3 is 4.74 Å². The van der Waals surface area contributed by atoms with Crippen LogP contribution in [0.25, 0.3) is 10.8 Å². The summed E-state index contributed by atoms with van der Waals surface area (Å²) in [6, 6.07) is 23.5. The number of ether oxygens (including phenoxy) is 1. The second kappa shape index (κ2) is 8.08. The molecule has 110 valence electrons. The van der Waals surface area contributed by atoms with Gasteiger partial charge in [-0.1, -0.05) is 30.3 Å². The summed E-state index contributed by atoms with van der Waals surface area (Å²) in [5, 5.41) is 16.2. The molecule has 0 amide bonds. The highest BCUT2D eigenvalue weighted by molar-refractivity contribution is 7.97. The van der Waals surface area contributed by atoms with E-state index in [-0.39, 0.29) is 0 Å². The van der Waals surface area contributed by atoms with Gasteiger partial charge in [-0.3, -0.25) is 5.14 Å². The molecule has 0 bridgehead atoms. The largest absolute Gasteiger partial charge is 0.497 e. The van der Waals surface area contributed by atoms with E-state index in [0.29, 0.717) is 5.56 Å². The Balaban J connectivity index is 0.000000164. The molecule has 2 N–H and O–H groups in total. The number of hydrogen-bond donors (Lipinski definition) is 1. The zero-order valence-electron chi connectivity index (χ0n) is 12.2. The van der Waals surface area contributed by atoms with Crippen LogP contribution >= 0.6 is 11.9 Å². The summed E-state index contributed by atoms with van der Waals surface area (Å²) in [5.41, 5.74) is 0.665. The fourth-order valence-electron chi connectivity index (χ4n) is 1.90. The van der Waals surface area contributed by atoms with Crippen LogP contribution in [0, 0.1) is 11.3 Å². The normalized spacial score (nSPS) is 9.50. The van der Waals surface area contributed by atoms with Gasteiger partial charge in [0.05, 0.1) is 18.7 Å². The molecule has 0 unspecified atom stereocenters.